The third kappa shape index (κ3) is 8.01. The van der Waals surface area contributed by atoms with Gasteiger partial charge in [-0.3, -0.25) is 14.4 Å². The summed E-state index contributed by atoms with van der Waals surface area (Å²) in [6.45, 7) is 1.81. The Morgan fingerprint density at radius 1 is 0.909 bits per heavy atom. The first-order valence-electron chi connectivity index (χ1n) is 13.5. The molecule has 11 heteroatoms. The van der Waals surface area contributed by atoms with Gasteiger partial charge in [-0.05, 0) is 66.9 Å². The number of nitrogens with one attached hydrogen (secondary N) is 3. The largest absolute Gasteiger partial charge is 0.496 e. The molecule has 8 nitrogen and oxygen atoms in total. The van der Waals surface area contributed by atoms with E-state index in [0.717, 1.165) is 21.0 Å². The van der Waals surface area contributed by atoms with E-state index in [4.69, 9.17) is 4.74 Å². The molecule has 0 radical (unpaired) electrons. The van der Waals surface area contributed by atoms with Crippen LogP contribution in [0.1, 0.15) is 22.2 Å². The van der Waals surface area contributed by atoms with Gasteiger partial charge in [-0.2, -0.15) is 0 Å². The molecule has 0 fully saturated rings. The predicted octanol–water partition coefficient (Wildman–Crippen LogP) is 7.41. The Morgan fingerprint density at radius 3 is 2.48 bits per heavy atom. The maximum Gasteiger partial charge on any atom is 0.272 e. The van der Waals surface area contributed by atoms with E-state index in [1.54, 1.807) is 62.6 Å². The first kappa shape index (κ1) is 30.7. The van der Waals surface area contributed by atoms with Crippen molar-refractivity contribution in [3.05, 3.63) is 118 Å². The van der Waals surface area contributed by atoms with Crippen LogP contribution in [0.5, 0.6) is 5.75 Å². The van der Waals surface area contributed by atoms with Gasteiger partial charge in [0.25, 0.3) is 11.8 Å². The van der Waals surface area contributed by atoms with E-state index in [-0.39, 0.29) is 17.5 Å². The number of thioether (sulfide) groups is 1. The van der Waals surface area contributed by atoms with E-state index in [9.17, 15) is 14.4 Å². The van der Waals surface area contributed by atoms with E-state index in [0.29, 0.717) is 22.1 Å². The van der Waals surface area contributed by atoms with Crippen LogP contribution in [0.3, 0.4) is 0 Å². The minimum absolute atomic E-state index is 0.114. The number of ether oxygens (including phenoxy) is 1. The predicted molar refractivity (Wildman–Crippen MR) is 179 cm³/mol. The van der Waals surface area contributed by atoms with Crippen LogP contribution in [-0.4, -0.2) is 35.1 Å². The van der Waals surface area contributed by atoms with Crippen molar-refractivity contribution in [1.82, 2.24) is 10.3 Å². The lowest BCUT2D eigenvalue weighted by molar-refractivity contribution is -0.115. The van der Waals surface area contributed by atoms with Crippen molar-refractivity contribution in [2.75, 3.05) is 17.7 Å². The molecule has 3 amide bonds. The van der Waals surface area contributed by atoms with Crippen molar-refractivity contribution in [1.29, 1.82) is 0 Å². The van der Waals surface area contributed by atoms with E-state index >= 15 is 0 Å². The molecule has 3 N–H and O–H groups in total. The lowest BCUT2D eigenvalue weighted by Gasteiger charge is -2.13. The van der Waals surface area contributed by atoms with E-state index in [1.807, 2.05) is 59.3 Å². The van der Waals surface area contributed by atoms with Crippen LogP contribution < -0.4 is 20.7 Å². The lowest BCUT2D eigenvalue weighted by atomic mass is 10.1. The number of anilines is 2. The maximum absolute atomic E-state index is 13.3. The molecule has 1 atom stereocenters. The zero-order valence-electron chi connectivity index (χ0n) is 23.8. The minimum atomic E-state index is -0.467. The average Bonchev–Trinajstić information content (AvgIpc) is 3.73. The minimum Gasteiger partial charge on any atom is -0.496 e. The fourth-order valence-corrected chi connectivity index (χ4v) is 6.38. The van der Waals surface area contributed by atoms with Gasteiger partial charge in [-0.25, -0.2) is 4.98 Å². The summed E-state index contributed by atoms with van der Waals surface area (Å²) in [6.07, 6.45) is 1.64. The zero-order valence-corrected chi connectivity index (χ0v) is 26.2. The number of carbonyl (C=O) groups is 3. The Balaban J connectivity index is 1.23. The standard InChI is InChI=1S/C33H28N4O4S3/c1-21(30(38)37-33-36-28(20-43-33)26-15-6-7-16-29(26)41-2)44-25-13-8-12-23(18-25)34-32(40)27(19-24-14-9-17-42-24)35-31(39)22-10-4-3-5-11-22/h3-21H,1-2H3,(H,34,40)(H,35,39)(H,36,37,38)/b27-19-. The van der Waals surface area contributed by atoms with Crippen LogP contribution in [0.15, 0.2) is 112 Å². The van der Waals surface area contributed by atoms with Gasteiger partial charge >= 0.3 is 0 Å². The van der Waals surface area contributed by atoms with E-state index < -0.39 is 11.2 Å². The van der Waals surface area contributed by atoms with Crippen LogP contribution in [0.2, 0.25) is 0 Å². The number of amides is 3. The molecule has 1 unspecified atom stereocenters. The fraction of sp³-hybridized carbons (Fsp3) is 0.0909. The number of hydrogen-bond donors (Lipinski definition) is 3. The van der Waals surface area contributed by atoms with Crippen molar-refractivity contribution in [3.63, 3.8) is 0 Å². The van der Waals surface area contributed by atoms with Crippen molar-refractivity contribution in [2.24, 2.45) is 0 Å². The monoisotopic (exact) mass is 640 g/mol. The highest BCUT2D eigenvalue weighted by Crippen LogP contribution is 2.33. The molecular formula is C33H28N4O4S3. The second-order valence-corrected chi connectivity index (χ2v) is 12.6. The smallest absolute Gasteiger partial charge is 0.272 e. The Labute approximate surface area is 267 Å². The summed E-state index contributed by atoms with van der Waals surface area (Å²) in [5.74, 6) is -0.345. The number of methoxy groups -OCH3 is 1. The Bertz CT molecular complexity index is 1790. The molecule has 0 spiro atoms. The van der Waals surface area contributed by atoms with Gasteiger partial charge in [0.2, 0.25) is 5.91 Å². The van der Waals surface area contributed by atoms with Gasteiger partial charge in [0.05, 0.1) is 18.1 Å². The Morgan fingerprint density at radius 2 is 1.70 bits per heavy atom. The van der Waals surface area contributed by atoms with Crippen molar-refractivity contribution in [3.8, 4) is 17.0 Å². The highest BCUT2D eigenvalue weighted by Gasteiger charge is 2.19. The summed E-state index contributed by atoms with van der Waals surface area (Å²) in [7, 11) is 1.61. The summed E-state index contributed by atoms with van der Waals surface area (Å²) in [4.78, 5) is 45.3. The first-order chi connectivity index (χ1) is 21.4. The molecule has 0 saturated carbocycles. The molecule has 3 aromatic carbocycles. The van der Waals surface area contributed by atoms with Crippen molar-refractivity contribution in [2.45, 2.75) is 17.1 Å². The number of rotatable bonds is 11. The van der Waals surface area contributed by atoms with Crippen LogP contribution in [0.4, 0.5) is 10.8 Å². The van der Waals surface area contributed by atoms with Crippen LogP contribution in [0.25, 0.3) is 17.3 Å². The number of hydrogen-bond acceptors (Lipinski definition) is 8. The van der Waals surface area contributed by atoms with E-state index in [1.165, 1.54) is 34.4 Å². The number of thiazole rings is 1. The molecule has 0 saturated heterocycles. The molecule has 0 aliphatic heterocycles. The number of benzene rings is 3. The molecule has 44 heavy (non-hydrogen) atoms. The highest BCUT2D eigenvalue weighted by atomic mass is 32.2. The molecule has 2 aromatic heterocycles. The molecule has 0 aliphatic rings. The molecule has 2 heterocycles. The number of nitrogens with zero attached hydrogens (tertiary/aromatic N) is 1. The van der Waals surface area contributed by atoms with Crippen molar-refractivity contribution < 1.29 is 19.1 Å². The molecule has 0 bridgehead atoms. The molecule has 5 rings (SSSR count). The third-order valence-corrected chi connectivity index (χ3v) is 8.92. The Hall–Kier alpha value is -4.71. The van der Waals surface area contributed by atoms with Gasteiger partial charge < -0.3 is 20.7 Å². The SMILES string of the molecule is COc1ccccc1-c1csc(NC(=O)C(C)Sc2cccc(NC(=O)/C(=C/c3cccs3)NC(=O)c3ccccc3)c2)n1. The maximum atomic E-state index is 13.3. The van der Waals surface area contributed by atoms with Gasteiger partial charge in [0.1, 0.15) is 11.4 Å². The zero-order chi connectivity index (χ0) is 30.9. The van der Waals surface area contributed by atoms with Gasteiger partial charge in [-0.15, -0.1) is 34.4 Å². The molecule has 0 aliphatic carbocycles. The molecule has 222 valence electrons. The Kier molecular flexibility index (Phi) is 10.2. The summed E-state index contributed by atoms with van der Waals surface area (Å²) in [6, 6.07) is 27.2. The van der Waals surface area contributed by atoms with Gasteiger partial charge in [-0.1, -0.05) is 42.5 Å². The normalized spacial score (nSPS) is 11.8. The van der Waals surface area contributed by atoms with Crippen LogP contribution in [-0.2, 0) is 9.59 Å². The first-order valence-corrected chi connectivity index (χ1v) is 16.1. The highest BCUT2D eigenvalue weighted by molar-refractivity contribution is 8.00. The lowest BCUT2D eigenvalue weighted by Crippen LogP contribution is -2.30. The number of carbonyl (C=O) groups excluding carboxylic acids is 3. The topological polar surface area (TPSA) is 109 Å². The second kappa shape index (κ2) is 14.6. The fourth-order valence-electron chi connectivity index (χ4n) is 4.08. The van der Waals surface area contributed by atoms with Gasteiger partial charge in [0.15, 0.2) is 5.13 Å². The average molecular weight is 641 g/mol. The van der Waals surface area contributed by atoms with Crippen LogP contribution in [0, 0.1) is 0 Å². The van der Waals surface area contributed by atoms with E-state index in [2.05, 4.69) is 20.9 Å². The molecule has 5 aromatic rings. The summed E-state index contributed by atoms with van der Waals surface area (Å²) in [5.41, 5.74) is 2.65. The third-order valence-electron chi connectivity index (χ3n) is 6.25. The summed E-state index contributed by atoms with van der Waals surface area (Å²) >= 11 is 4.15. The number of para-hydroxylation sites is 1. The quantitative estimate of drug-likeness (QED) is 0.103. The summed E-state index contributed by atoms with van der Waals surface area (Å²) < 4.78 is 5.43. The van der Waals surface area contributed by atoms with Crippen molar-refractivity contribution >= 4 is 69.1 Å². The summed E-state index contributed by atoms with van der Waals surface area (Å²) in [5, 5.41) is 12.3. The van der Waals surface area contributed by atoms with Gasteiger partial charge in [0, 0.05) is 32.0 Å². The number of thiophene rings is 1. The molecular weight excluding hydrogens is 613 g/mol. The van der Waals surface area contributed by atoms with Crippen LogP contribution >= 0.6 is 34.4 Å². The second-order valence-electron chi connectivity index (χ2n) is 9.36. The number of aromatic nitrogens is 1.